The molecule has 3 rings (SSSR count). The molecule has 2 heterocycles. The number of hydrogen-bond acceptors (Lipinski definition) is 3. The van der Waals surface area contributed by atoms with Crippen molar-refractivity contribution in [2.45, 2.75) is 6.92 Å². The average molecular weight is 278 g/mol. The van der Waals surface area contributed by atoms with Crippen LogP contribution in [0.3, 0.4) is 0 Å². The lowest BCUT2D eigenvalue weighted by atomic mass is 9.98. The highest BCUT2D eigenvalue weighted by atomic mass is 16.1. The Hall–Kier alpha value is -2.95. The van der Waals surface area contributed by atoms with Crippen LogP contribution in [0.15, 0.2) is 48.7 Å². The van der Waals surface area contributed by atoms with E-state index in [4.69, 9.17) is 5.73 Å². The summed E-state index contributed by atoms with van der Waals surface area (Å²) in [5, 5.41) is 7.33. The highest BCUT2D eigenvalue weighted by Gasteiger charge is 2.19. The molecule has 5 heteroatoms. The van der Waals surface area contributed by atoms with Crippen molar-refractivity contribution in [1.82, 2.24) is 15.2 Å². The summed E-state index contributed by atoms with van der Waals surface area (Å²) in [4.78, 5) is 15.7. The number of pyridine rings is 1. The third kappa shape index (κ3) is 2.29. The SMILES string of the molecule is Cc1[nH]nc(-c2ccccc2)c1-c1cccnc1C(N)=O. The van der Waals surface area contributed by atoms with Gasteiger partial charge in [-0.15, -0.1) is 0 Å². The van der Waals surface area contributed by atoms with Crippen molar-refractivity contribution in [3.05, 3.63) is 60.0 Å². The van der Waals surface area contributed by atoms with E-state index in [1.807, 2.05) is 43.3 Å². The molecule has 0 saturated heterocycles. The zero-order valence-corrected chi connectivity index (χ0v) is 11.5. The number of aryl methyl sites for hydroxylation is 1. The van der Waals surface area contributed by atoms with Gasteiger partial charge < -0.3 is 5.73 Å². The number of carbonyl (C=O) groups excluding carboxylic acids is 1. The fourth-order valence-corrected chi connectivity index (χ4v) is 2.37. The van der Waals surface area contributed by atoms with Crippen molar-refractivity contribution in [2.75, 3.05) is 0 Å². The molecule has 0 radical (unpaired) electrons. The minimum absolute atomic E-state index is 0.249. The van der Waals surface area contributed by atoms with E-state index in [-0.39, 0.29) is 5.69 Å². The van der Waals surface area contributed by atoms with Gasteiger partial charge in [-0.3, -0.25) is 14.9 Å². The number of primary amides is 1. The van der Waals surface area contributed by atoms with Crippen LogP contribution in [0.2, 0.25) is 0 Å². The van der Waals surface area contributed by atoms with Gasteiger partial charge in [-0.1, -0.05) is 36.4 Å². The van der Waals surface area contributed by atoms with Crippen molar-refractivity contribution in [3.8, 4) is 22.4 Å². The number of nitrogens with one attached hydrogen (secondary N) is 1. The van der Waals surface area contributed by atoms with E-state index in [9.17, 15) is 4.79 Å². The smallest absolute Gasteiger partial charge is 0.267 e. The minimum atomic E-state index is -0.551. The standard InChI is InChI=1S/C16H14N4O/c1-10-13(12-8-5-9-18-15(12)16(17)21)14(20-19-10)11-6-3-2-4-7-11/h2-9H,1H3,(H2,17,21)(H,19,20). The number of rotatable bonds is 3. The Morgan fingerprint density at radius 3 is 2.62 bits per heavy atom. The number of amides is 1. The molecule has 1 amide bonds. The normalized spacial score (nSPS) is 10.5. The lowest BCUT2D eigenvalue weighted by molar-refractivity contribution is 0.0996. The Bertz CT molecular complexity index is 793. The lowest BCUT2D eigenvalue weighted by Crippen LogP contribution is -2.14. The maximum Gasteiger partial charge on any atom is 0.267 e. The third-order valence-corrected chi connectivity index (χ3v) is 3.30. The minimum Gasteiger partial charge on any atom is -0.364 e. The second kappa shape index (κ2) is 5.20. The molecule has 3 aromatic rings. The van der Waals surface area contributed by atoms with E-state index >= 15 is 0 Å². The molecule has 0 saturated carbocycles. The van der Waals surface area contributed by atoms with Crippen molar-refractivity contribution >= 4 is 5.91 Å². The Morgan fingerprint density at radius 1 is 1.14 bits per heavy atom. The van der Waals surface area contributed by atoms with Gasteiger partial charge in [-0.2, -0.15) is 5.10 Å². The topological polar surface area (TPSA) is 84.7 Å². The van der Waals surface area contributed by atoms with Crippen molar-refractivity contribution in [1.29, 1.82) is 0 Å². The molecule has 0 bridgehead atoms. The van der Waals surface area contributed by atoms with Gasteiger partial charge in [0.15, 0.2) is 0 Å². The van der Waals surface area contributed by atoms with E-state index in [0.29, 0.717) is 5.56 Å². The zero-order valence-electron chi connectivity index (χ0n) is 11.5. The molecule has 3 N–H and O–H groups in total. The van der Waals surface area contributed by atoms with Crippen LogP contribution >= 0.6 is 0 Å². The molecule has 0 unspecified atom stereocenters. The van der Waals surface area contributed by atoms with Gasteiger partial charge in [0.25, 0.3) is 5.91 Å². The van der Waals surface area contributed by atoms with Crippen molar-refractivity contribution in [2.24, 2.45) is 5.73 Å². The van der Waals surface area contributed by atoms with Crippen LogP contribution in [0.5, 0.6) is 0 Å². The van der Waals surface area contributed by atoms with Crippen LogP contribution in [0.1, 0.15) is 16.2 Å². The van der Waals surface area contributed by atoms with Gasteiger partial charge >= 0.3 is 0 Å². The van der Waals surface area contributed by atoms with Crippen molar-refractivity contribution in [3.63, 3.8) is 0 Å². The molecular formula is C16H14N4O. The largest absolute Gasteiger partial charge is 0.364 e. The van der Waals surface area contributed by atoms with Crippen molar-refractivity contribution < 1.29 is 4.79 Å². The molecule has 0 spiro atoms. The van der Waals surface area contributed by atoms with Gasteiger partial charge in [-0.05, 0) is 13.0 Å². The second-order valence-corrected chi connectivity index (χ2v) is 4.70. The van der Waals surface area contributed by atoms with Gasteiger partial charge in [-0.25, -0.2) is 0 Å². The van der Waals surface area contributed by atoms with Crippen LogP contribution in [-0.2, 0) is 0 Å². The van der Waals surface area contributed by atoms with E-state index in [2.05, 4.69) is 15.2 Å². The van der Waals surface area contributed by atoms with Gasteiger partial charge in [0, 0.05) is 28.6 Å². The van der Waals surface area contributed by atoms with E-state index in [1.54, 1.807) is 12.3 Å². The summed E-state index contributed by atoms with van der Waals surface area (Å²) in [6.45, 7) is 1.91. The van der Waals surface area contributed by atoms with Crippen LogP contribution in [0.4, 0.5) is 0 Å². The summed E-state index contributed by atoms with van der Waals surface area (Å²) < 4.78 is 0. The first-order valence-corrected chi connectivity index (χ1v) is 6.54. The van der Waals surface area contributed by atoms with Crippen LogP contribution in [0.25, 0.3) is 22.4 Å². The number of nitrogens with two attached hydrogens (primary N) is 1. The number of nitrogens with zero attached hydrogens (tertiary/aromatic N) is 2. The lowest BCUT2D eigenvalue weighted by Gasteiger charge is -2.07. The van der Waals surface area contributed by atoms with Gasteiger partial charge in [0.05, 0.1) is 0 Å². The van der Waals surface area contributed by atoms with Gasteiger partial charge in [0.1, 0.15) is 11.4 Å². The number of aromatic nitrogens is 3. The first-order valence-electron chi connectivity index (χ1n) is 6.54. The summed E-state index contributed by atoms with van der Waals surface area (Å²) in [5.41, 5.74) is 9.83. The maximum absolute atomic E-state index is 11.6. The maximum atomic E-state index is 11.6. The molecule has 0 aliphatic rings. The second-order valence-electron chi connectivity index (χ2n) is 4.70. The monoisotopic (exact) mass is 278 g/mol. The summed E-state index contributed by atoms with van der Waals surface area (Å²) in [6, 6.07) is 13.4. The van der Waals surface area contributed by atoms with E-state index in [0.717, 1.165) is 22.5 Å². The fraction of sp³-hybridized carbons (Fsp3) is 0.0625. The number of hydrogen-bond donors (Lipinski definition) is 2. The van der Waals surface area contributed by atoms with E-state index in [1.165, 1.54) is 0 Å². The zero-order chi connectivity index (χ0) is 14.8. The highest BCUT2D eigenvalue weighted by Crippen LogP contribution is 2.33. The number of carbonyl (C=O) groups is 1. The molecule has 21 heavy (non-hydrogen) atoms. The first kappa shape index (κ1) is 13.1. The fourth-order valence-electron chi connectivity index (χ4n) is 2.37. The highest BCUT2D eigenvalue weighted by molar-refractivity contribution is 6.00. The predicted molar refractivity (Wildman–Crippen MR) is 80.5 cm³/mol. The Kier molecular flexibility index (Phi) is 3.23. The molecule has 1 aromatic carbocycles. The quantitative estimate of drug-likeness (QED) is 0.772. The summed E-state index contributed by atoms with van der Waals surface area (Å²) in [5.74, 6) is -0.551. The molecule has 0 aliphatic carbocycles. The number of H-pyrrole nitrogens is 1. The predicted octanol–water partition coefficient (Wildman–Crippen LogP) is 2.55. The Balaban J connectivity index is 2.25. The average Bonchev–Trinajstić information content (AvgIpc) is 2.89. The molecule has 5 nitrogen and oxygen atoms in total. The number of benzene rings is 1. The van der Waals surface area contributed by atoms with Crippen LogP contribution < -0.4 is 5.73 Å². The number of aromatic amines is 1. The molecule has 0 fully saturated rings. The Labute approximate surface area is 121 Å². The molecule has 2 aromatic heterocycles. The summed E-state index contributed by atoms with van der Waals surface area (Å²) >= 11 is 0. The molecule has 0 aliphatic heterocycles. The van der Waals surface area contributed by atoms with E-state index < -0.39 is 5.91 Å². The summed E-state index contributed by atoms with van der Waals surface area (Å²) in [7, 11) is 0. The van der Waals surface area contributed by atoms with Crippen LogP contribution in [0, 0.1) is 6.92 Å². The van der Waals surface area contributed by atoms with Gasteiger partial charge in [0.2, 0.25) is 0 Å². The molecule has 0 atom stereocenters. The van der Waals surface area contributed by atoms with Crippen LogP contribution in [-0.4, -0.2) is 21.1 Å². The first-order chi connectivity index (χ1) is 10.2. The third-order valence-electron chi connectivity index (χ3n) is 3.30. The molecular weight excluding hydrogens is 264 g/mol. The Morgan fingerprint density at radius 2 is 1.90 bits per heavy atom. The molecule has 104 valence electrons. The summed E-state index contributed by atoms with van der Waals surface area (Å²) in [6.07, 6.45) is 1.56.